The molecular formula is C16H11ClF3NO4. The number of nitrogens with zero attached hydrogens (tertiary/aromatic N) is 1. The van der Waals surface area contributed by atoms with E-state index >= 15 is 0 Å². The van der Waals surface area contributed by atoms with E-state index in [-0.39, 0.29) is 5.69 Å². The number of carbonyl (C=O) groups excluding carboxylic acids is 2. The normalized spacial score (nSPS) is 33.5. The second-order valence-corrected chi connectivity index (χ2v) is 6.64. The summed E-state index contributed by atoms with van der Waals surface area (Å²) in [5.74, 6) is -3.14. The molecule has 1 N–H and O–H groups in total. The number of hydrogen-bond donors (Lipinski definition) is 1. The van der Waals surface area contributed by atoms with Crippen LogP contribution in [0.15, 0.2) is 30.4 Å². The van der Waals surface area contributed by atoms with Crippen molar-refractivity contribution in [2.45, 2.75) is 17.9 Å². The summed E-state index contributed by atoms with van der Waals surface area (Å²) in [6.45, 7) is -0.498. The quantitative estimate of drug-likeness (QED) is 0.637. The van der Waals surface area contributed by atoms with Crippen molar-refractivity contribution in [3.63, 3.8) is 0 Å². The largest absolute Gasteiger partial charge is 0.417 e. The fourth-order valence-electron chi connectivity index (χ4n) is 3.81. The smallest absolute Gasteiger partial charge is 0.393 e. The molecule has 1 aromatic rings. The SMILES string of the molecule is O=C1[C@@H]2[C@@H]3C=C[C@](CO)(O3)[C@@H]2C(=O)N1c1ccc(Cl)c(C(F)(F)F)c1. The number of carbonyl (C=O) groups is 2. The van der Waals surface area contributed by atoms with Crippen molar-refractivity contribution in [2.75, 3.05) is 11.5 Å². The minimum atomic E-state index is -4.72. The van der Waals surface area contributed by atoms with Crippen LogP contribution in [0.25, 0.3) is 0 Å². The number of imide groups is 1. The number of rotatable bonds is 2. The maximum absolute atomic E-state index is 13.1. The molecule has 25 heavy (non-hydrogen) atoms. The number of fused-ring (bicyclic) bond motifs is 5. The van der Waals surface area contributed by atoms with Gasteiger partial charge in [-0.2, -0.15) is 13.2 Å². The van der Waals surface area contributed by atoms with E-state index in [0.29, 0.717) is 6.07 Å². The number of amides is 2. The number of benzene rings is 1. The van der Waals surface area contributed by atoms with Gasteiger partial charge in [-0.3, -0.25) is 9.59 Å². The van der Waals surface area contributed by atoms with E-state index in [1.165, 1.54) is 12.1 Å². The Morgan fingerprint density at radius 3 is 2.64 bits per heavy atom. The molecule has 0 aromatic heterocycles. The van der Waals surface area contributed by atoms with E-state index in [0.717, 1.165) is 11.0 Å². The van der Waals surface area contributed by atoms with Crippen LogP contribution < -0.4 is 4.90 Å². The van der Waals surface area contributed by atoms with E-state index < -0.39 is 58.7 Å². The van der Waals surface area contributed by atoms with Gasteiger partial charge >= 0.3 is 6.18 Å². The molecule has 2 bridgehead atoms. The molecule has 9 heteroatoms. The van der Waals surface area contributed by atoms with Crippen molar-refractivity contribution in [1.82, 2.24) is 0 Å². The lowest BCUT2D eigenvalue weighted by atomic mass is 9.77. The Hall–Kier alpha value is -1.90. The van der Waals surface area contributed by atoms with Crippen LogP contribution in [0, 0.1) is 11.8 Å². The first kappa shape index (κ1) is 16.6. The zero-order chi connectivity index (χ0) is 18.1. The van der Waals surface area contributed by atoms with Crippen molar-refractivity contribution >= 4 is 29.1 Å². The lowest BCUT2D eigenvalue weighted by Crippen LogP contribution is -2.43. The third-order valence-corrected chi connectivity index (χ3v) is 5.25. The average Bonchev–Trinajstić information content (AvgIpc) is 3.18. The van der Waals surface area contributed by atoms with Crippen LogP contribution in [-0.4, -0.2) is 35.2 Å². The first-order chi connectivity index (χ1) is 11.7. The molecule has 3 aliphatic rings. The van der Waals surface area contributed by atoms with Gasteiger partial charge in [-0.1, -0.05) is 23.8 Å². The Morgan fingerprint density at radius 1 is 1.28 bits per heavy atom. The van der Waals surface area contributed by atoms with Crippen LogP contribution in [0.5, 0.6) is 0 Å². The Kier molecular flexibility index (Phi) is 3.35. The summed E-state index contributed by atoms with van der Waals surface area (Å²) in [6, 6.07) is 2.87. The molecule has 0 unspecified atom stereocenters. The predicted octanol–water partition coefficient (Wildman–Crippen LogP) is 2.16. The highest BCUT2D eigenvalue weighted by Crippen LogP contribution is 2.52. The average molecular weight is 374 g/mol. The molecular weight excluding hydrogens is 363 g/mol. The van der Waals surface area contributed by atoms with Crippen LogP contribution in [-0.2, 0) is 20.5 Å². The number of anilines is 1. The third-order valence-electron chi connectivity index (χ3n) is 4.92. The summed E-state index contributed by atoms with van der Waals surface area (Å²) in [5, 5.41) is 9.09. The van der Waals surface area contributed by atoms with Gasteiger partial charge in [0.2, 0.25) is 11.8 Å². The van der Waals surface area contributed by atoms with Gasteiger partial charge in [-0.25, -0.2) is 4.90 Å². The molecule has 3 heterocycles. The first-order valence-corrected chi connectivity index (χ1v) is 7.80. The summed E-state index contributed by atoms with van der Waals surface area (Å²) >= 11 is 5.59. The van der Waals surface area contributed by atoms with Crippen molar-refractivity contribution in [3.8, 4) is 0 Å². The summed E-state index contributed by atoms with van der Waals surface area (Å²) < 4.78 is 44.7. The monoisotopic (exact) mass is 373 g/mol. The Balaban J connectivity index is 1.77. The Bertz CT molecular complexity index is 824. The highest BCUT2D eigenvalue weighted by atomic mass is 35.5. The van der Waals surface area contributed by atoms with Crippen molar-refractivity contribution in [3.05, 3.63) is 40.9 Å². The van der Waals surface area contributed by atoms with Gasteiger partial charge in [0.25, 0.3) is 0 Å². The summed E-state index contributed by atoms with van der Waals surface area (Å²) in [4.78, 5) is 26.2. The van der Waals surface area contributed by atoms with Crippen molar-refractivity contribution in [2.24, 2.45) is 11.8 Å². The van der Waals surface area contributed by atoms with E-state index in [2.05, 4.69) is 0 Å². The van der Waals surface area contributed by atoms with Crippen LogP contribution >= 0.6 is 11.6 Å². The molecule has 2 amide bonds. The second-order valence-electron chi connectivity index (χ2n) is 6.23. The number of aliphatic hydroxyl groups excluding tert-OH is 1. The van der Waals surface area contributed by atoms with Gasteiger partial charge in [-0.15, -0.1) is 0 Å². The van der Waals surface area contributed by atoms with E-state index in [4.69, 9.17) is 16.3 Å². The maximum Gasteiger partial charge on any atom is 0.417 e. The molecule has 4 rings (SSSR count). The van der Waals surface area contributed by atoms with Crippen LogP contribution in [0.2, 0.25) is 5.02 Å². The molecule has 0 spiro atoms. The molecule has 3 aliphatic heterocycles. The van der Waals surface area contributed by atoms with Crippen molar-refractivity contribution < 1.29 is 32.6 Å². The molecule has 2 fully saturated rings. The van der Waals surface area contributed by atoms with Crippen LogP contribution in [0.4, 0.5) is 18.9 Å². The van der Waals surface area contributed by atoms with Gasteiger partial charge in [-0.05, 0) is 18.2 Å². The van der Waals surface area contributed by atoms with E-state index in [9.17, 15) is 27.9 Å². The lowest BCUT2D eigenvalue weighted by Gasteiger charge is -2.26. The van der Waals surface area contributed by atoms with Gasteiger partial charge in [0.05, 0.1) is 40.8 Å². The topological polar surface area (TPSA) is 66.8 Å². The number of hydrogen-bond acceptors (Lipinski definition) is 4. The highest BCUT2D eigenvalue weighted by molar-refractivity contribution is 6.31. The van der Waals surface area contributed by atoms with Crippen molar-refractivity contribution in [1.29, 1.82) is 0 Å². The molecule has 0 aliphatic carbocycles. The Morgan fingerprint density at radius 2 is 2.00 bits per heavy atom. The van der Waals surface area contributed by atoms with Crippen LogP contribution in [0.1, 0.15) is 5.56 Å². The molecule has 0 saturated carbocycles. The lowest BCUT2D eigenvalue weighted by molar-refractivity contribution is -0.137. The second kappa shape index (κ2) is 5.06. The summed E-state index contributed by atoms with van der Waals surface area (Å²) in [6.07, 6.45) is -2.26. The molecule has 4 atom stereocenters. The number of alkyl halides is 3. The number of aliphatic hydroxyl groups is 1. The van der Waals surface area contributed by atoms with Gasteiger partial charge in [0, 0.05) is 0 Å². The number of ether oxygens (including phenoxy) is 1. The minimum absolute atomic E-state index is 0.200. The first-order valence-electron chi connectivity index (χ1n) is 7.42. The zero-order valence-electron chi connectivity index (χ0n) is 12.5. The molecule has 2 saturated heterocycles. The number of halogens is 4. The summed E-state index contributed by atoms with van der Waals surface area (Å²) in [5.41, 5.74) is -2.62. The third kappa shape index (κ3) is 2.11. The molecule has 132 valence electrons. The maximum atomic E-state index is 13.1. The molecule has 5 nitrogen and oxygen atoms in total. The predicted molar refractivity (Wildman–Crippen MR) is 79.8 cm³/mol. The highest BCUT2D eigenvalue weighted by Gasteiger charge is 2.67. The van der Waals surface area contributed by atoms with Gasteiger partial charge < -0.3 is 9.84 Å². The minimum Gasteiger partial charge on any atom is -0.393 e. The standard InChI is InChI=1S/C16H11ClF3NO4/c17-9-2-1-7(5-8(9)16(18,19)20)21-13(23)11-10-3-4-15(6-22,25-10)12(11)14(21)24/h1-5,10-12,22H,6H2/t10-,11+,12-,15+/m0/s1. The molecule has 0 radical (unpaired) electrons. The van der Waals surface area contributed by atoms with Gasteiger partial charge in [0.1, 0.15) is 5.60 Å². The zero-order valence-corrected chi connectivity index (χ0v) is 13.2. The molecule has 1 aromatic carbocycles. The van der Waals surface area contributed by atoms with E-state index in [1.54, 1.807) is 6.08 Å². The Labute approximate surface area is 144 Å². The van der Waals surface area contributed by atoms with Crippen LogP contribution in [0.3, 0.4) is 0 Å². The van der Waals surface area contributed by atoms with E-state index in [1.807, 2.05) is 0 Å². The fraction of sp³-hybridized carbons (Fsp3) is 0.375. The fourth-order valence-corrected chi connectivity index (χ4v) is 4.03. The summed E-state index contributed by atoms with van der Waals surface area (Å²) in [7, 11) is 0. The van der Waals surface area contributed by atoms with Gasteiger partial charge in [0.15, 0.2) is 0 Å².